The first-order valence-corrected chi connectivity index (χ1v) is 29.4. The fraction of sp³-hybridized carbons (Fsp3) is 0.778. The summed E-state index contributed by atoms with van der Waals surface area (Å²) in [5.74, 6) is -1.08. The number of aliphatic carboxylic acids is 2. The summed E-state index contributed by atoms with van der Waals surface area (Å²) in [6.45, 7) is 5.77. The molecule has 0 saturated heterocycles. The summed E-state index contributed by atoms with van der Waals surface area (Å²) in [6.07, 6.45) is 4.85. The number of carbonyl (C=O) groups is 10. The Bertz CT molecular complexity index is 1670. The van der Waals surface area contributed by atoms with E-state index in [1.165, 1.54) is 51.2 Å². The summed E-state index contributed by atoms with van der Waals surface area (Å²) < 4.78 is 19.8. The maximum atomic E-state index is 12.7. The number of carboxylic acids is 2. The van der Waals surface area contributed by atoms with Crippen molar-refractivity contribution in [2.45, 2.75) is 163 Å². The van der Waals surface area contributed by atoms with E-state index >= 15 is 0 Å². The van der Waals surface area contributed by atoms with Gasteiger partial charge in [0.1, 0.15) is 41.0 Å². The van der Waals surface area contributed by atoms with E-state index in [9.17, 15) is 47.9 Å². The standard InChI is InChI=1S/C24H41N2O5PS2.C13H20NO7P.C8H18N2S2.HNS/c1-3-4-14-33-21-10-11-22(21)34-15-13-25-24(31)20(9-5-17(2)27)26-23(30)12-8-18(28)6-7-19(29)16-32;15-8(1-2-9(16)7-22)3-5-11(17)14-10(13(20)21)4-6-12(18)19;9-3-5-11-7-1-2-8(7)12-6-4-10;1-2/h20-22H,3-16,32H2,1-2H3,(H,25,31)(H,26,30);10H,1-7,22H2,(H,14,17)(H,18,19)(H,20,21);7-8H,1-6,9-10H2;1H/t20-,21?,22?;10-;;/m11../s1/i16T;7T;;/t16?,20-,21?,22?;7?,10-;;. The van der Waals surface area contributed by atoms with Crippen LogP contribution >= 0.6 is 65.5 Å². The first-order valence-electron chi connectivity index (χ1n) is 24.6. The third-order valence-corrected chi connectivity index (χ3v) is 17.4. The van der Waals surface area contributed by atoms with Crippen LogP contribution in [0.15, 0.2) is 0 Å². The molecule has 0 aromatic carbocycles. The molecule has 0 aliphatic heterocycles. The van der Waals surface area contributed by atoms with Gasteiger partial charge in [0.15, 0.2) is 0 Å². The molecule has 70 heavy (non-hydrogen) atoms. The van der Waals surface area contributed by atoms with Crippen LogP contribution in [0.1, 0.15) is 132 Å². The molecule has 10 N–H and O–H groups in total. The van der Waals surface area contributed by atoms with Crippen molar-refractivity contribution in [2.24, 2.45) is 11.5 Å². The predicted octanol–water partition coefficient (Wildman–Crippen LogP) is 4.52. The SMILES string of the molecule is N=S.NCCSC1CCC1SCCN.[3H]C(P)C(=O)CCC(=O)CCC(=O)N[C@H](CCC(=O)O)C(=O)O.[3H]C(P)C(=O)CCC(=O)CCC(=O)N[C@H](CCC(C)=O)C(=O)NCCSC1CCC1SCCCC. The minimum atomic E-state index is -1.35. The van der Waals surface area contributed by atoms with Crippen LogP contribution in [0.5, 0.6) is 0 Å². The van der Waals surface area contributed by atoms with Gasteiger partial charge in [0, 0.05) is 150 Å². The molecule has 2 saturated carbocycles. The van der Waals surface area contributed by atoms with Gasteiger partial charge in [-0.1, -0.05) is 13.3 Å². The first-order chi connectivity index (χ1) is 34.1. The molecule has 3 amide bonds. The van der Waals surface area contributed by atoms with Crippen LogP contribution in [0.2, 0.25) is 0 Å². The van der Waals surface area contributed by atoms with Crippen molar-refractivity contribution < 1.29 is 60.9 Å². The van der Waals surface area contributed by atoms with Gasteiger partial charge in [0.25, 0.3) is 0 Å². The Morgan fingerprint density at radius 1 is 0.614 bits per heavy atom. The lowest BCUT2D eigenvalue weighted by molar-refractivity contribution is -0.143. The van der Waals surface area contributed by atoms with Gasteiger partial charge in [-0.15, -0.1) is 18.5 Å². The molecule has 0 radical (unpaired) electrons. The number of amides is 3. The first kappa shape index (κ1) is 65.9. The van der Waals surface area contributed by atoms with Gasteiger partial charge in [-0.3, -0.25) is 38.4 Å². The number of hydrogen-bond donors (Lipinski definition) is 8. The van der Waals surface area contributed by atoms with Gasteiger partial charge in [-0.25, -0.2) is 9.57 Å². The number of thioether (sulfide) groups is 4. The highest BCUT2D eigenvalue weighted by Crippen LogP contribution is 2.40. The normalized spacial score (nSPS) is 18.6. The number of Topliss-reactive ketones (excluding diaryl/α,β-unsaturated/α-hetero) is 5. The summed E-state index contributed by atoms with van der Waals surface area (Å²) in [5.41, 5.74) is 10.9. The highest BCUT2D eigenvalue weighted by molar-refractivity contribution is 8.04. The molecule has 25 heteroatoms. The minimum absolute atomic E-state index is 0.000767. The van der Waals surface area contributed by atoms with Gasteiger partial charge in [0.2, 0.25) is 17.7 Å². The largest absolute Gasteiger partial charge is 0.481 e. The van der Waals surface area contributed by atoms with Crippen LogP contribution in [0.3, 0.4) is 0 Å². The van der Waals surface area contributed by atoms with Gasteiger partial charge in [0.05, 0.1) is 0 Å². The zero-order chi connectivity index (χ0) is 55.0. The summed E-state index contributed by atoms with van der Waals surface area (Å²) in [4.78, 5) is 115. The van der Waals surface area contributed by atoms with Gasteiger partial charge < -0.3 is 42.4 Å². The fourth-order valence-corrected chi connectivity index (χ4v) is 12.1. The molecular formula is C45H80N6O12P2S5. The van der Waals surface area contributed by atoms with E-state index in [1.807, 2.05) is 44.5 Å². The molecule has 18 nitrogen and oxygen atoms in total. The summed E-state index contributed by atoms with van der Waals surface area (Å²) in [6, 6.07) is -2.15. The third kappa shape index (κ3) is 37.6. The van der Waals surface area contributed by atoms with Crippen LogP contribution in [0.25, 0.3) is 0 Å². The average Bonchev–Trinajstić information content (AvgIpc) is 3.32. The van der Waals surface area contributed by atoms with Gasteiger partial charge >= 0.3 is 11.9 Å². The summed E-state index contributed by atoms with van der Waals surface area (Å²) in [7, 11) is 4.08. The summed E-state index contributed by atoms with van der Waals surface area (Å²) >= 11 is 11.3. The highest BCUT2D eigenvalue weighted by Gasteiger charge is 2.32. The van der Waals surface area contributed by atoms with Gasteiger partial charge in [-0.2, -0.15) is 47.0 Å². The van der Waals surface area contributed by atoms with Crippen LogP contribution in [-0.2, 0) is 60.4 Å². The number of carboxylic acid groups (broad SMARTS) is 2. The molecule has 402 valence electrons. The third-order valence-electron chi connectivity index (χ3n) is 10.4. The van der Waals surface area contributed by atoms with Crippen LogP contribution in [0.4, 0.5) is 0 Å². The maximum Gasteiger partial charge on any atom is 0.326 e. The fourth-order valence-electron chi connectivity index (χ4n) is 6.09. The van der Waals surface area contributed by atoms with Crippen LogP contribution in [0, 0.1) is 4.78 Å². The summed E-state index contributed by atoms with van der Waals surface area (Å²) in [5, 5.41) is 28.1. The lowest BCUT2D eigenvalue weighted by Gasteiger charge is -2.35. The Kier molecular flexibility index (Phi) is 42.9. The number of carbonyl (C=O) groups excluding carboxylic acids is 8. The minimum Gasteiger partial charge on any atom is -0.481 e. The number of nitrogens with two attached hydrogens (primary N) is 2. The van der Waals surface area contributed by atoms with Crippen molar-refractivity contribution in [1.82, 2.24) is 16.0 Å². The van der Waals surface area contributed by atoms with Crippen molar-refractivity contribution in [2.75, 3.05) is 54.9 Å². The molecular weight excluding hydrogens is 1040 g/mol. The predicted molar refractivity (Wildman–Crippen MR) is 294 cm³/mol. The monoisotopic (exact) mass is 1120 g/mol. The second kappa shape index (κ2) is 45.5. The molecule has 0 aromatic rings. The Balaban J connectivity index is 0. The Morgan fingerprint density at radius 2 is 1.00 bits per heavy atom. The number of rotatable bonds is 38. The average molecular weight is 1120 g/mol. The van der Waals surface area contributed by atoms with Crippen molar-refractivity contribution in [3.8, 4) is 0 Å². The molecule has 8 unspecified atom stereocenters. The van der Waals surface area contributed by atoms with E-state index < -0.39 is 60.3 Å². The van der Waals surface area contributed by atoms with Crippen molar-refractivity contribution >= 4 is 137 Å². The second-order valence-electron chi connectivity index (χ2n) is 16.1. The number of hydrogen-bond acceptors (Lipinski definition) is 18. The van der Waals surface area contributed by atoms with Crippen LogP contribution < -0.4 is 27.4 Å². The molecule has 0 aromatic heterocycles. The van der Waals surface area contributed by atoms with Gasteiger partial charge in [-0.05, 0) is 57.6 Å². The number of ketones is 5. The second-order valence-corrected chi connectivity index (χ2v) is 22.2. The highest BCUT2D eigenvalue weighted by atomic mass is 32.2. The van der Waals surface area contributed by atoms with E-state index in [4.69, 9.17) is 29.2 Å². The Hall–Kier alpha value is -2.10. The van der Waals surface area contributed by atoms with E-state index in [1.54, 1.807) is 0 Å². The zero-order valence-electron chi connectivity index (χ0n) is 42.6. The molecule has 2 aliphatic rings. The van der Waals surface area contributed by atoms with Crippen molar-refractivity contribution in [3.63, 3.8) is 0 Å². The number of unbranched alkanes of at least 4 members (excludes halogenated alkanes) is 1. The van der Waals surface area contributed by atoms with E-state index in [0.29, 0.717) is 17.0 Å². The molecule has 2 aliphatic carbocycles. The van der Waals surface area contributed by atoms with E-state index in [2.05, 4.69) is 56.3 Å². The maximum absolute atomic E-state index is 12.7. The van der Waals surface area contributed by atoms with E-state index in [0.717, 1.165) is 40.8 Å². The van der Waals surface area contributed by atoms with Crippen molar-refractivity contribution in [1.29, 1.82) is 4.78 Å². The lowest BCUT2D eigenvalue weighted by atomic mass is 9.99. The molecule has 0 spiro atoms. The molecule has 0 bridgehead atoms. The number of nitrogens with one attached hydrogen (secondary N) is 4. The lowest BCUT2D eigenvalue weighted by Crippen LogP contribution is -2.47. The Morgan fingerprint density at radius 3 is 1.37 bits per heavy atom. The Labute approximate surface area is 444 Å². The quantitative estimate of drug-likeness (QED) is 0.0311. The molecule has 2 fully saturated rings. The topological polar surface area (TPSA) is 323 Å². The van der Waals surface area contributed by atoms with E-state index in [-0.39, 0.29) is 99.7 Å². The molecule has 10 atom stereocenters. The molecule has 0 heterocycles. The zero-order valence-corrected chi connectivity index (χ0v) is 47.0. The smallest absolute Gasteiger partial charge is 0.326 e. The molecule has 2 rings (SSSR count). The van der Waals surface area contributed by atoms with Crippen LogP contribution in [-0.4, -0.2) is 157 Å². The van der Waals surface area contributed by atoms with Crippen molar-refractivity contribution in [3.05, 3.63) is 0 Å².